The van der Waals surface area contributed by atoms with Gasteiger partial charge in [0.25, 0.3) is 0 Å². The van der Waals surface area contributed by atoms with Crippen LogP contribution in [0.4, 0.5) is 5.82 Å². The molecule has 13 heavy (non-hydrogen) atoms. The van der Waals surface area contributed by atoms with E-state index in [2.05, 4.69) is 5.10 Å². The first-order chi connectivity index (χ1) is 6.33. The van der Waals surface area contributed by atoms with E-state index < -0.39 is 0 Å². The summed E-state index contributed by atoms with van der Waals surface area (Å²) in [6.07, 6.45) is 0.826. The molecule has 1 aliphatic heterocycles. The molecule has 0 radical (unpaired) electrons. The zero-order chi connectivity index (χ0) is 9.26. The molecule has 0 aromatic carbocycles. The van der Waals surface area contributed by atoms with E-state index in [1.807, 2.05) is 0 Å². The van der Waals surface area contributed by atoms with Crippen LogP contribution in [0.5, 0.6) is 0 Å². The highest BCUT2D eigenvalue weighted by atomic mass is 16.5. The number of anilines is 1. The van der Waals surface area contributed by atoms with Gasteiger partial charge in [-0.25, -0.2) is 4.68 Å². The molecule has 72 valence electrons. The lowest BCUT2D eigenvalue weighted by Gasteiger charge is -2.10. The van der Waals surface area contributed by atoms with Gasteiger partial charge in [-0.3, -0.25) is 0 Å². The van der Waals surface area contributed by atoms with Gasteiger partial charge < -0.3 is 15.6 Å². The van der Waals surface area contributed by atoms with Crippen LogP contribution in [0.25, 0.3) is 0 Å². The summed E-state index contributed by atoms with van der Waals surface area (Å²) < 4.78 is 6.89. The molecule has 0 spiro atoms. The van der Waals surface area contributed by atoms with Crippen molar-refractivity contribution in [3.63, 3.8) is 0 Å². The minimum Gasteiger partial charge on any atom is -0.394 e. The normalized spacial score (nSPS) is 15.8. The Kier molecular flexibility index (Phi) is 2.20. The molecule has 0 fully saturated rings. The van der Waals surface area contributed by atoms with E-state index in [1.54, 1.807) is 4.68 Å². The maximum atomic E-state index is 8.76. The second-order valence-electron chi connectivity index (χ2n) is 3.06. The van der Waals surface area contributed by atoms with Gasteiger partial charge in [0.05, 0.1) is 32.1 Å². The fourth-order valence-corrected chi connectivity index (χ4v) is 1.56. The van der Waals surface area contributed by atoms with Crippen LogP contribution >= 0.6 is 0 Å². The predicted octanol–water partition coefficient (Wildman–Crippen LogP) is -0.470. The Morgan fingerprint density at radius 1 is 1.62 bits per heavy atom. The molecule has 2 rings (SSSR count). The van der Waals surface area contributed by atoms with Crippen molar-refractivity contribution in [3.05, 3.63) is 11.3 Å². The van der Waals surface area contributed by atoms with Crippen molar-refractivity contribution in [1.29, 1.82) is 0 Å². The van der Waals surface area contributed by atoms with E-state index in [9.17, 15) is 0 Å². The number of aliphatic hydroxyl groups is 1. The van der Waals surface area contributed by atoms with Gasteiger partial charge in [-0.1, -0.05) is 0 Å². The van der Waals surface area contributed by atoms with Crippen LogP contribution in [-0.2, 0) is 24.3 Å². The van der Waals surface area contributed by atoms with Gasteiger partial charge in [-0.15, -0.1) is 0 Å². The van der Waals surface area contributed by atoms with Gasteiger partial charge >= 0.3 is 0 Å². The summed E-state index contributed by atoms with van der Waals surface area (Å²) in [5.41, 5.74) is 7.84. The summed E-state index contributed by atoms with van der Waals surface area (Å²) in [5.74, 6) is 0.673. The van der Waals surface area contributed by atoms with Crippen molar-refractivity contribution in [2.24, 2.45) is 0 Å². The number of hydrogen-bond donors (Lipinski definition) is 2. The van der Waals surface area contributed by atoms with Gasteiger partial charge in [0.15, 0.2) is 0 Å². The third-order valence-electron chi connectivity index (χ3n) is 2.22. The van der Waals surface area contributed by atoms with Crippen molar-refractivity contribution in [2.75, 3.05) is 18.9 Å². The SMILES string of the molecule is Nc1c2c(nn1CCO)COCC2. The molecule has 0 amide bonds. The Morgan fingerprint density at radius 2 is 2.46 bits per heavy atom. The van der Waals surface area contributed by atoms with E-state index in [0.717, 1.165) is 17.7 Å². The van der Waals surface area contributed by atoms with Crippen LogP contribution in [0.1, 0.15) is 11.3 Å². The summed E-state index contributed by atoms with van der Waals surface area (Å²) in [7, 11) is 0. The standard InChI is InChI=1S/C8H13N3O2/c9-8-6-1-4-13-5-7(6)10-11(8)2-3-12/h12H,1-5,9H2. The fraction of sp³-hybridized carbons (Fsp3) is 0.625. The molecule has 1 aliphatic rings. The number of nitrogens with zero attached hydrogens (tertiary/aromatic N) is 2. The molecule has 0 bridgehead atoms. The molecule has 1 aromatic heterocycles. The molecule has 1 aromatic rings. The molecule has 0 saturated carbocycles. The number of fused-ring (bicyclic) bond motifs is 1. The Balaban J connectivity index is 2.33. The molecule has 0 unspecified atom stereocenters. The first-order valence-corrected chi connectivity index (χ1v) is 4.35. The van der Waals surface area contributed by atoms with Crippen molar-refractivity contribution in [2.45, 2.75) is 19.6 Å². The molecule has 2 heterocycles. The Hall–Kier alpha value is -1.07. The van der Waals surface area contributed by atoms with Gasteiger partial charge in [-0.05, 0) is 0 Å². The highest BCUT2D eigenvalue weighted by Gasteiger charge is 2.18. The number of ether oxygens (including phenoxy) is 1. The maximum Gasteiger partial charge on any atom is 0.125 e. The molecule has 0 atom stereocenters. The minimum atomic E-state index is 0.0611. The number of hydrogen-bond acceptors (Lipinski definition) is 4. The highest BCUT2D eigenvalue weighted by Crippen LogP contribution is 2.21. The molecule has 0 aliphatic carbocycles. The first-order valence-electron chi connectivity index (χ1n) is 4.35. The van der Waals surface area contributed by atoms with Gasteiger partial charge in [-0.2, -0.15) is 5.10 Å². The summed E-state index contributed by atoms with van der Waals surface area (Å²) in [5, 5.41) is 13.0. The summed E-state index contributed by atoms with van der Waals surface area (Å²) >= 11 is 0. The minimum absolute atomic E-state index is 0.0611. The van der Waals surface area contributed by atoms with Crippen LogP contribution in [-0.4, -0.2) is 28.1 Å². The summed E-state index contributed by atoms with van der Waals surface area (Å²) in [6, 6.07) is 0. The van der Waals surface area contributed by atoms with E-state index in [1.165, 1.54) is 0 Å². The summed E-state index contributed by atoms with van der Waals surface area (Å²) in [6.45, 7) is 1.77. The average molecular weight is 183 g/mol. The Labute approximate surface area is 76.1 Å². The predicted molar refractivity (Wildman–Crippen MR) is 47.1 cm³/mol. The topological polar surface area (TPSA) is 73.3 Å². The first kappa shape index (κ1) is 8.52. The van der Waals surface area contributed by atoms with Gasteiger partial charge in [0.1, 0.15) is 5.82 Å². The van der Waals surface area contributed by atoms with Crippen LogP contribution in [0, 0.1) is 0 Å². The lowest BCUT2D eigenvalue weighted by molar-refractivity contribution is 0.108. The monoisotopic (exact) mass is 183 g/mol. The second kappa shape index (κ2) is 3.35. The van der Waals surface area contributed by atoms with E-state index in [0.29, 0.717) is 25.6 Å². The van der Waals surface area contributed by atoms with E-state index in [4.69, 9.17) is 15.6 Å². The third kappa shape index (κ3) is 1.40. The van der Waals surface area contributed by atoms with Crippen LogP contribution in [0.3, 0.4) is 0 Å². The fourth-order valence-electron chi connectivity index (χ4n) is 1.56. The number of nitrogens with two attached hydrogens (primary N) is 1. The zero-order valence-corrected chi connectivity index (χ0v) is 7.36. The molecule has 5 heteroatoms. The van der Waals surface area contributed by atoms with Gasteiger partial charge in [0.2, 0.25) is 0 Å². The van der Waals surface area contributed by atoms with Crippen molar-refractivity contribution in [1.82, 2.24) is 9.78 Å². The molecular weight excluding hydrogens is 170 g/mol. The van der Waals surface area contributed by atoms with E-state index >= 15 is 0 Å². The molecular formula is C8H13N3O2. The number of aromatic nitrogens is 2. The zero-order valence-electron chi connectivity index (χ0n) is 7.36. The second-order valence-corrected chi connectivity index (χ2v) is 3.06. The van der Waals surface area contributed by atoms with Crippen molar-refractivity contribution < 1.29 is 9.84 Å². The number of aliphatic hydroxyl groups excluding tert-OH is 1. The molecule has 0 saturated heterocycles. The van der Waals surface area contributed by atoms with Crippen molar-refractivity contribution >= 4 is 5.82 Å². The third-order valence-corrected chi connectivity index (χ3v) is 2.22. The van der Waals surface area contributed by atoms with Crippen molar-refractivity contribution in [3.8, 4) is 0 Å². The maximum absolute atomic E-state index is 8.76. The van der Waals surface area contributed by atoms with Gasteiger partial charge in [0, 0.05) is 12.0 Å². The largest absolute Gasteiger partial charge is 0.394 e. The number of nitrogen functional groups attached to an aromatic ring is 1. The number of rotatable bonds is 2. The molecule has 5 nitrogen and oxygen atoms in total. The van der Waals surface area contributed by atoms with Crippen LogP contribution in [0.2, 0.25) is 0 Å². The summed E-state index contributed by atoms with van der Waals surface area (Å²) in [4.78, 5) is 0. The quantitative estimate of drug-likeness (QED) is 0.650. The smallest absolute Gasteiger partial charge is 0.125 e. The Morgan fingerprint density at radius 3 is 3.15 bits per heavy atom. The average Bonchev–Trinajstić information content (AvgIpc) is 2.46. The van der Waals surface area contributed by atoms with E-state index in [-0.39, 0.29) is 6.61 Å². The highest BCUT2D eigenvalue weighted by molar-refractivity contribution is 5.44. The van der Waals surface area contributed by atoms with Crippen LogP contribution < -0.4 is 5.73 Å². The Bertz CT molecular complexity index is 309. The molecule has 3 N–H and O–H groups in total. The lowest BCUT2D eigenvalue weighted by Crippen LogP contribution is -2.09. The van der Waals surface area contributed by atoms with Crippen LogP contribution in [0.15, 0.2) is 0 Å². The lowest BCUT2D eigenvalue weighted by atomic mass is 10.1.